The molecule has 0 aliphatic carbocycles. The number of aryl methyl sites for hydroxylation is 1. The quantitative estimate of drug-likeness (QED) is 0.777. The maximum atomic E-state index is 9.13. The van der Waals surface area contributed by atoms with E-state index in [-0.39, 0.29) is 12.6 Å². The number of rotatable bonds is 5. The summed E-state index contributed by atoms with van der Waals surface area (Å²) in [6, 6.07) is 8.85. The van der Waals surface area contributed by atoms with E-state index in [2.05, 4.69) is 50.4 Å². The minimum Gasteiger partial charge on any atom is -0.395 e. The van der Waals surface area contributed by atoms with E-state index >= 15 is 0 Å². The molecule has 2 atom stereocenters. The van der Waals surface area contributed by atoms with Crippen LogP contribution in [0.5, 0.6) is 0 Å². The molecule has 2 nitrogen and oxygen atoms in total. The second-order valence-electron chi connectivity index (χ2n) is 4.03. The maximum Gasteiger partial charge on any atom is 0.0584 e. The van der Waals surface area contributed by atoms with Crippen LogP contribution in [0.1, 0.15) is 37.4 Å². The molecule has 1 aromatic rings. The third-order valence-electron chi connectivity index (χ3n) is 2.85. The Labute approximate surface area is 92.3 Å². The van der Waals surface area contributed by atoms with Gasteiger partial charge in [0.25, 0.3) is 0 Å². The lowest BCUT2D eigenvalue weighted by Gasteiger charge is -2.22. The van der Waals surface area contributed by atoms with Gasteiger partial charge in [-0.2, -0.15) is 0 Å². The average Bonchev–Trinajstić information content (AvgIpc) is 2.26. The highest BCUT2D eigenvalue weighted by atomic mass is 16.3. The summed E-state index contributed by atoms with van der Waals surface area (Å²) in [5.74, 6) is 0. The number of hydrogen-bond donors (Lipinski definition) is 2. The molecule has 0 bridgehead atoms. The molecule has 1 aromatic carbocycles. The van der Waals surface area contributed by atoms with Crippen molar-refractivity contribution < 1.29 is 5.11 Å². The van der Waals surface area contributed by atoms with Crippen LogP contribution in [0.3, 0.4) is 0 Å². The Morgan fingerprint density at radius 3 is 2.53 bits per heavy atom. The van der Waals surface area contributed by atoms with Crippen LogP contribution in [0.15, 0.2) is 24.3 Å². The number of nitrogens with one attached hydrogen (secondary N) is 1. The van der Waals surface area contributed by atoms with E-state index in [0.717, 1.165) is 6.42 Å². The zero-order valence-corrected chi connectivity index (χ0v) is 9.83. The van der Waals surface area contributed by atoms with Crippen LogP contribution < -0.4 is 5.32 Å². The first-order valence-electron chi connectivity index (χ1n) is 5.61. The minimum atomic E-state index is 0.194. The normalized spacial score (nSPS) is 14.9. The summed E-state index contributed by atoms with van der Waals surface area (Å²) in [5, 5.41) is 12.6. The zero-order valence-electron chi connectivity index (χ0n) is 9.83. The Bertz CT molecular complexity index is 294. The topological polar surface area (TPSA) is 32.3 Å². The van der Waals surface area contributed by atoms with Gasteiger partial charge in [-0.05, 0) is 31.4 Å². The summed E-state index contributed by atoms with van der Waals surface area (Å²) in [6.45, 7) is 6.54. The van der Waals surface area contributed by atoms with Gasteiger partial charge >= 0.3 is 0 Å². The molecule has 84 valence electrons. The van der Waals surface area contributed by atoms with Crippen LogP contribution in [0, 0.1) is 6.92 Å². The Morgan fingerprint density at radius 1 is 1.33 bits per heavy atom. The van der Waals surface area contributed by atoms with E-state index in [9.17, 15) is 0 Å². The average molecular weight is 207 g/mol. The lowest BCUT2D eigenvalue weighted by molar-refractivity contribution is 0.230. The van der Waals surface area contributed by atoms with E-state index in [1.54, 1.807) is 0 Å². The van der Waals surface area contributed by atoms with E-state index < -0.39 is 0 Å². The molecule has 1 rings (SSSR count). The summed E-state index contributed by atoms with van der Waals surface area (Å²) >= 11 is 0. The van der Waals surface area contributed by atoms with Gasteiger partial charge in [-0.1, -0.05) is 31.2 Å². The Morgan fingerprint density at radius 2 is 2.00 bits per heavy atom. The van der Waals surface area contributed by atoms with E-state index in [1.807, 2.05) is 0 Å². The highest BCUT2D eigenvalue weighted by molar-refractivity contribution is 5.28. The van der Waals surface area contributed by atoms with Crippen molar-refractivity contribution in [3.63, 3.8) is 0 Å². The van der Waals surface area contributed by atoms with Crippen molar-refractivity contribution in [3.05, 3.63) is 35.4 Å². The van der Waals surface area contributed by atoms with Gasteiger partial charge in [-0.15, -0.1) is 0 Å². The molecule has 0 unspecified atom stereocenters. The summed E-state index contributed by atoms with van der Waals surface area (Å²) in [6.07, 6.45) is 0.951. The van der Waals surface area contributed by atoms with Crippen molar-refractivity contribution in [2.45, 2.75) is 39.3 Å². The maximum absolute atomic E-state index is 9.13. The third kappa shape index (κ3) is 3.33. The van der Waals surface area contributed by atoms with E-state index in [4.69, 9.17) is 5.11 Å². The highest BCUT2D eigenvalue weighted by Crippen LogP contribution is 2.17. The minimum absolute atomic E-state index is 0.194. The van der Waals surface area contributed by atoms with Gasteiger partial charge in [-0.3, -0.25) is 0 Å². The van der Waals surface area contributed by atoms with Crippen LogP contribution in [0.25, 0.3) is 0 Å². The van der Waals surface area contributed by atoms with Gasteiger partial charge in [0.05, 0.1) is 6.61 Å². The van der Waals surface area contributed by atoms with Crippen molar-refractivity contribution in [1.82, 2.24) is 5.32 Å². The van der Waals surface area contributed by atoms with Gasteiger partial charge in [0.1, 0.15) is 0 Å². The van der Waals surface area contributed by atoms with Crippen molar-refractivity contribution in [3.8, 4) is 0 Å². The molecule has 0 spiro atoms. The molecule has 0 amide bonds. The molecule has 0 heterocycles. The molecule has 15 heavy (non-hydrogen) atoms. The SMILES string of the molecule is CC[C@@H](CO)N[C@@H](C)c1ccccc1C. The van der Waals surface area contributed by atoms with Crippen molar-refractivity contribution in [2.75, 3.05) is 6.61 Å². The molecule has 0 saturated carbocycles. The molecule has 0 fully saturated rings. The fraction of sp³-hybridized carbons (Fsp3) is 0.538. The molecule has 0 aliphatic heterocycles. The molecular formula is C13H21NO. The summed E-state index contributed by atoms with van der Waals surface area (Å²) in [5.41, 5.74) is 2.61. The van der Waals surface area contributed by atoms with Gasteiger partial charge in [0, 0.05) is 12.1 Å². The molecule has 2 heteroatoms. The van der Waals surface area contributed by atoms with Crippen molar-refractivity contribution in [2.24, 2.45) is 0 Å². The molecule has 0 saturated heterocycles. The fourth-order valence-electron chi connectivity index (χ4n) is 1.82. The summed E-state index contributed by atoms with van der Waals surface area (Å²) in [7, 11) is 0. The Balaban J connectivity index is 2.68. The zero-order chi connectivity index (χ0) is 11.3. The smallest absolute Gasteiger partial charge is 0.0584 e. The lowest BCUT2D eigenvalue weighted by atomic mass is 10.0. The largest absolute Gasteiger partial charge is 0.395 e. The predicted octanol–water partition coefficient (Wildman–Crippen LogP) is 2.42. The van der Waals surface area contributed by atoms with Gasteiger partial charge < -0.3 is 10.4 Å². The molecule has 0 aliphatic rings. The summed E-state index contributed by atoms with van der Waals surface area (Å²) in [4.78, 5) is 0. The first-order chi connectivity index (χ1) is 7.19. The van der Waals surface area contributed by atoms with Crippen LogP contribution >= 0.6 is 0 Å². The first-order valence-corrected chi connectivity index (χ1v) is 5.61. The number of benzene rings is 1. The summed E-state index contributed by atoms with van der Waals surface area (Å²) < 4.78 is 0. The van der Waals surface area contributed by atoms with Crippen LogP contribution in [-0.2, 0) is 0 Å². The Kier molecular flexibility index (Phi) is 4.79. The van der Waals surface area contributed by atoms with E-state index in [1.165, 1.54) is 11.1 Å². The number of hydrogen-bond acceptors (Lipinski definition) is 2. The molecule has 2 N–H and O–H groups in total. The molecule has 0 radical (unpaired) electrons. The first kappa shape index (κ1) is 12.2. The standard InChI is InChI=1S/C13H21NO/c1-4-12(9-15)14-11(3)13-8-6-5-7-10(13)2/h5-8,11-12,14-15H,4,9H2,1-3H3/t11-,12-/m0/s1. The number of aliphatic hydroxyl groups excluding tert-OH is 1. The third-order valence-corrected chi connectivity index (χ3v) is 2.85. The van der Waals surface area contributed by atoms with Gasteiger partial charge in [-0.25, -0.2) is 0 Å². The van der Waals surface area contributed by atoms with Crippen LogP contribution in [0.2, 0.25) is 0 Å². The molecular weight excluding hydrogens is 186 g/mol. The van der Waals surface area contributed by atoms with E-state index in [0.29, 0.717) is 6.04 Å². The fourth-order valence-corrected chi connectivity index (χ4v) is 1.82. The molecule has 0 aromatic heterocycles. The Hall–Kier alpha value is -0.860. The second kappa shape index (κ2) is 5.89. The number of aliphatic hydroxyl groups is 1. The van der Waals surface area contributed by atoms with Crippen molar-refractivity contribution in [1.29, 1.82) is 0 Å². The highest BCUT2D eigenvalue weighted by Gasteiger charge is 2.11. The van der Waals surface area contributed by atoms with Gasteiger partial charge in [0.2, 0.25) is 0 Å². The van der Waals surface area contributed by atoms with Crippen LogP contribution in [0.4, 0.5) is 0 Å². The monoisotopic (exact) mass is 207 g/mol. The second-order valence-corrected chi connectivity index (χ2v) is 4.03. The van der Waals surface area contributed by atoms with Crippen LogP contribution in [-0.4, -0.2) is 17.8 Å². The van der Waals surface area contributed by atoms with Gasteiger partial charge in [0.15, 0.2) is 0 Å². The predicted molar refractivity (Wildman–Crippen MR) is 63.9 cm³/mol. The lowest BCUT2D eigenvalue weighted by Crippen LogP contribution is -2.34. The van der Waals surface area contributed by atoms with Crippen molar-refractivity contribution >= 4 is 0 Å².